The molecule has 0 spiro atoms. The smallest absolute Gasteiger partial charge is 0.410 e. The van der Waals surface area contributed by atoms with Gasteiger partial charge in [0.15, 0.2) is 0 Å². The van der Waals surface area contributed by atoms with E-state index in [9.17, 15) is 9.59 Å². The summed E-state index contributed by atoms with van der Waals surface area (Å²) in [7, 11) is 1.51. The standard InChI is InChI=1S/C18H34ClNO4/c1-4-5-6-7-8-9-10-11-12-14-23-17(21)16(2)20(3)18(22)24-15-13-19/h16H,4-15H2,1-3H3. The zero-order valence-corrected chi connectivity index (χ0v) is 16.3. The van der Waals surface area contributed by atoms with E-state index in [1.165, 1.54) is 56.9 Å². The first-order valence-electron chi connectivity index (χ1n) is 9.16. The van der Waals surface area contributed by atoms with Gasteiger partial charge in [-0.2, -0.15) is 0 Å². The Balaban J connectivity index is 3.65. The topological polar surface area (TPSA) is 55.8 Å². The third kappa shape index (κ3) is 11.5. The highest BCUT2D eigenvalue weighted by Crippen LogP contribution is 2.10. The van der Waals surface area contributed by atoms with Crippen LogP contribution in [0.1, 0.15) is 71.6 Å². The number of nitrogens with zero attached hydrogens (tertiary/aromatic N) is 1. The van der Waals surface area contributed by atoms with Gasteiger partial charge in [0.2, 0.25) is 0 Å². The average Bonchev–Trinajstić information content (AvgIpc) is 2.59. The number of likely N-dealkylation sites (N-methyl/N-ethyl adjacent to an activating group) is 1. The van der Waals surface area contributed by atoms with Crippen LogP contribution in [-0.2, 0) is 14.3 Å². The summed E-state index contributed by atoms with van der Waals surface area (Å²) in [6.07, 6.45) is 10.4. The van der Waals surface area contributed by atoms with Gasteiger partial charge in [-0.25, -0.2) is 9.59 Å². The first-order chi connectivity index (χ1) is 11.5. The van der Waals surface area contributed by atoms with E-state index in [4.69, 9.17) is 21.1 Å². The summed E-state index contributed by atoms with van der Waals surface area (Å²) < 4.78 is 10.1. The molecule has 0 aromatic carbocycles. The van der Waals surface area contributed by atoms with Crippen molar-refractivity contribution in [2.45, 2.75) is 77.7 Å². The maximum absolute atomic E-state index is 11.9. The van der Waals surface area contributed by atoms with Crippen molar-refractivity contribution in [2.24, 2.45) is 0 Å². The van der Waals surface area contributed by atoms with E-state index < -0.39 is 18.1 Å². The number of carbonyl (C=O) groups is 2. The number of hydrogen-bond acceptors (Lipinski definition) is 4. The minimum Gasteiger partial charge on any atom is -0.464 e. The van der Waals surface area contributed by atoms with E-state index in [0.29, 0.717) is 6.61 Å². The van der Waals surface area contributed by atoms with Crippen molar-refractivity contribution < 1.29 is 19.1 Å². The van der Waals surface area contributed by atoms with E-state index in [1.807, 2.05) is 0 Å². The molecule has 0 aromatic heterocycles. The third-order valence-electron chi connectivity index (χ3n) is 4.00. The monoisotopic (exact) mass is 363 g/mol. The van der Waals surface area contributed by atoms with Crippen LogP contribution in [0.3, 0.4) is 0 Å². The van der Waals surface area contributed by atoms with Crippen LogP contribution in [0.2, 0.25) is 0 Å². The Bertz CT molecular complexity index is 339. The first kappa shape index (κ1) is 23.0. The number of carbonyl (C=O) groups excluding carboxylic acids is 2. The van der Waals surface area contributed by atoms with E-state index in [0.717, 1.165) is 12.8 Å². The second kappa shape index (κ2) is 15.6. The van der Waals surface area contributed by atoms with Gasteiger partial charge in [-0.3, -0.25) is 4.90 Å². The van der Waals surface area contributed by atoms with Crippen molar-refractivity contribution in [2.75, 3.05) is 26.1 Å². The van der Waals surface area contributed by atoms with Crippen LogP contribution in [0.5, 0.6) is 0 Å². The highest BCUT2D eigenvalue weighted by Gasteiger charge is 2.24. The van der Waals surface area contributed by atoms with Crippen molar-refractivity contribution in [3.8, 4) is 0 Å². The number of halogens is 1. The fraction of sp³-hybridized carbons (Fsp3) is 0.889. The quantitative estimate of drug-likeness (QED) is 0.254. The summed E-state index contributed by atoms with van der Waals surface area (Å²) in [5.74, 6) is -0.170. The van der Waals surface area contributed by atoms with E-state index in [1.54, 1.807) is 6.92 Å². The Hall–Kier alpha value is -0.970. The molecule has 0 fully saturated rings. The molecule has 0 saturated carbocycles. The van der Waals surface area contributed by atoms with Gasteiger partial charge in [-0.1, -0.05) is 58.3 Å². The lowest BCUT2D eigenvalue weighted by atomic mass is 10.1. The van der Waals surface area contributed by atoms with E-state index in [-0.39, 0.29) is 12.5 Å². The molecule has 0 aliphatic rings. The second-order valence-corrected chi connectivity index (χ2v) is 6.46. The summed E-state index contributed by atoms with van der Waals surface area (Å²) in [6, 6.07) is -0.661. The van der Waals surface area contributed by atoms with Gasteiger partial charge in [0.25, 0.3) is 0 Å². The highest BCUT2D eigenvalue weighted by molar-refractivity contribution is 6.18. The molecule has 142 valence electrons. The molecule has 0 N–H and O–H groups in total. The minimum absolute atomic E-state index is 0.130. The zero-order valence-electron chi connectivity index (χ0n) is 15.5. The Morgan fingerprint density at radius 3 is 2.00 bits per heavy atom. The maximum Gasteiger partial charge on any atom is 0.410 e. The van der Waals surface area contributed by atoms with Crippen LogP contribution in [0.25, 0.3) is 0 Å². The van der Waals surface area contributed by atoms with Crippen molar-refractivity contribution in [3.63, 3.8) is 0 Å². The summed E-state index contributed by atoms with van der Waals surface area (Å²) in [5, 5.41) is 0. The predicted octanol–water partition coefficient (Wildman–Crippen LogP) is 4.76. The number of rotatable bonds is 14. The average molecular weight is 364 g/mol. The molecule has 0 saturated heterocycles. The third-order valence-corrected chi connectivity index (χ3v) is 4.16. The molecule has 6 heteroatoms. The van der Waals surface area contributed by atoms with Crippen molar-refractivity contribution >= 4 is 23.7 Å². The molecule has 1 atom stereocenters. The van der Waals surface area contributed by atoms with Gasteiger partial charge in [0.1, 0.15) is 12.6 Å². The zero-order chi connectivity index (χ0) is 18.2. The van der Waals surface area contributed by atoms with Gasteiger partial charge in [-0.05, 0) is 13.3 Å². The summed E-state index contributed by atoms with van der Waals surface area (Å²) in [5.41, 5.74) is 0. The van der Waals surface area contributed by atoms with Crippen molar-refractivity contribution in [1.29, 1.82) is 0 Å². The number of amides is 1. The number of unbranched alkanes of at least 4 members (excludes halogenated alkanes) is 8. The molecule has 24 heavy (non-hydrogen) atoms. The minimum atomic E-state index is -0.661. The van der Waals surface area contributed by atoms with Crippen LogP contribution in [-0.4, -0.2) is 49.1 Å². The normalized spacial score (nSPS) is 11.8. The Labute approximate surface area is 152 Å². The Kier molecular flexibility index (Phi) is 14.9. The van der Waals surface area contributed by atoms with Crippen LogP contribution in [0, 0.1) is 0 Å². The molecule has 0 rings (SSSR count). The van der Waals surface area contributed by atoms with Gasteiger partial charge in [0, 0.05) is 7.05 Å². The molecule has 0 radical (unpaired) electrons. The van der Waals surface area contributed by atoms with Crippen molar-refractivity contribution in [3.05, 3.63) is 0 Å². The lowest BCUT2D eigenvalue weighted by Gasteiger charge is -2.22. The van der Waals surface area contributed by atoms with Gasteiger partial charge < -0.3 is 9.47 Å². The highest BCUT2D eigenvalue weighted by atomic mass is 35.5. The molecule has 5 nitrogen and oxygen atoms in total. The van der Waals surface area contributed by atoms with Crippen LogP contribution in [0.15, 0.2) is 0 Å². The summed E-state index contributed by atoms with van der Waals surface area (Å²) >= 11 is 5.46. The molecule has 1 unspecified atom stereocenters. The molecule has 0 aromatic rings. The number of esters is 1. The molecule has 0 bridgehead atoms. The Morgan fingerprint density at radius 2 is 1.46 bits per heavy atom. The van der Waals surface area contributed by atoms with Crippen LogP contribution >= 0.6 is 11.6 Å². The lowest BCUT2D eigenvalue weighted by Crippen LogP contribution is -2.41. The molecule has 0 heterocycles. The van der Waals surface area contributed by atoms with Crippen LogP contribution < -0.4 is 0 Å². The number of alkyl halides is 1. The van der Waals surface area contributed by atoms with Gasteiger partial charge in [0.05, 0.1) is 12.5 Å². The van der Waals surface area contributed by atoms with Gasteiger partial charge in [-0.15, -0.1) is 11.6 Å². The summed E-state index contributed by atoms with van der Waals surface area (Å²) in [4.78, 5) is 24.8. The fourth-order valence-electron chi connectivity index (χ4n) is 2.25. The molecule has 0 aliphatic heterocycles. The van der Waals surface area contributed by atoms with E-state index >= 15 is 0 Å². The molecular formula is C18H34ClNO4. The largest absolute Gasteiger partial charge is 0.464 e. The Morgan fingerprint density at radius 1 is 0.917 bits per heavy atom. The fourth-order valence-corrected chi connectivity index (χ4v) is 2.33. The maximum atomic E-state index is 11.9. The first-order valence-corrected chi connectivity index (χ1v) is 9.70. The SMILES string of the molecule is CCCCCCCCCCCOC(=O)C(C)N(C)C(=O)OCCCl. The number of hydrogen-bond donors (Lipinski definition) is 0. The lowest BCUT2D eigenvalue weighted by molar-refractivity contribution is -0.148. The summed E-state index contributed by atoms with van der Waals surface area (Å²) in [6.45, 7) is 4.39. The predicted molar refractivity (Wildman–Crippen MR) is 97.5 cm³/mol. The van der Waals surface area contributed by atoms with Crippen LogP contribution in [0.4, 0.5) is 4.79 Å². The second-order valence-electron chi connectivity index (χ2n) is 6.09. The molecular weight excluding hydrogens is 330 g/mol. The number of ether oxygens (including phenoxy) is 2. The van der Waals surface area contributed by atoms with Crippen molar-refractivity contribution in [1.82, 2.24) is 4.90 Å². The molecule has 0 aliphatic carbocycles. The van der Waals surface area contributed by atoms with E-state index in [2.05, 4.69) is 6.92 Å². The van der Waals surface area contributed by atoms with Gasteiger partial charge >= 0.3 is 12.1 Å². The molecule has 1 amide bonds.